The Bertz CT molecular complexity index is 1220. The van der Waals surface area contributed by atoms with Crippen LogP contribution in [0.1, 0.15) is 16.1 Å². The van der Waals surface area contributed by atoms with Gasteiger partial charge in [-0.2, -0.15) is 22.8 Å². The number of fused-ring (bicyclic) bond motifs is 1. The molecule has 1 amide bonds. The summed E-state index contributed by atoms with van der Waals surface area (Å²) in [6.07, 6.45) is -3.22. The monoisotopic (exact) mass is 399 g/mol. The van der Waals surface area contributed by atoms with Gasteiger partial charge in [-0.25, -0.2) is 9.97 Å². The fourth-order valence-corrected chi connectivity index (χ4v) is 2.79. The molecule has 29 heavy (non-hydrogen) atoms. The van der Waals surface area contributed by atoms with Crippen molar-refractivity contribution < 1.29 is 23.1 Å². The van der Waals surface area contributed by atoms with Crippen molar-refractivity contribution in [3.63, 3.8) is 0 Å². The summed E-state index contributed by atoms with van der Waals surface area (Å²) in [5.41, 5.74) is -0.561. The van der Waals surface area contributed by atoms with E-state index in [0.717, 1.165) is 6.07 Å². The van der Waals surface area contributed by atoms with E-state index in [1.54, 1.807) is 0 Å². The number of alkyl halides is 3. The van der Waals surface area contributed by atoms with E-state index in [9.17, 15) is 23.1 Å². The predicted molar refractivity (Wildman–Crippen MR) is 97.3 cm³/mol. The number of aromatic nitrogens is 4. The fourth-order valence-electron chi connectivity index (χ4n) is 2.79. The molecule has 10 heteroatoms. The number of anilines is 1. The summed E-state index contributed by atoms with van der Waals surface area (Å²) in [5, 5.41) is 16.1. The molecular weight excluding hydrogens is 387 g/mol. The molecule has 0 aliphatic heterocycles. The molecule has 1 aromatic carbocycles. The van der Waals surface area contributed by atoms with Crippen LogP contribution in [-0.4, -0.2) is 30.6 Å². The van der Waals surface area contributed by atoms with Gasteiger partial charge in [0.1, 0.15) is 5.69 Å². The standard InChI is InChI=1S/C19H12F3N5O2/c20-19(21,22)12-5-2-1-4-11(12)13-8-9-15-23-10-16(27(15)26-13)25-18(29)14-6-3-7-17(28)24-14/h1-10H,(H,24,28)(H,25,29). The molecule has 0 aliphatic carbocycles. The van der Waals surface area contributed by atoms with Gasteiger partial charge in [0, 0.05) is 11.6 Å². The number of hydrogen-bond donors (Lipinski definition) is 2. The third-order valence-electron chi connectivity index (χ3n) is 4.08. The second kappa shape index (κ2) is 6.89. The lowest BCUT2D eigenvalue weighted by Gasteiger charge is -2.12. The van der Waals surface area contributed by atoms with Crippen LogP contribution >= 0.6 is 0 Å². The molecule has 0 radical (unpaired) electrons. The van der Waals surface area contributed by atoms with Gasteiger partial charge in [0.15, 0.2) is 11.5 Å². The SMILES string of the molecule is O=C(Nc1cnc2ccc(-c3ccccc3C(F)(F)F)nn12)c1cccc(O)n1. The molecule has 0 unspecified atom stereocenters. The zero-order chi connectivity index (χ0) is 20.6. The molecule has 0 bridgehead atoms. The molecule has 0 saturated heterocycles. The van der Waals surface area contributed by atoms with Crippen LogP contribution in [-0.2, 0) is 6.18 Å². The van der Waals surface area contributed by atoms with E-state index in [2.05, 4.69) is 20.4 Å². The molecule has 4 rings (SSSR count). The Hall–Kier alpha value is -3.95. The largest absolute Gasteiger partial charge is 0.493 e. The number of nitrogens with one attached hydrogen (secondary N) is 1. The summed E-state index contributed by atoms with van der Waals surface area (Å²) in [7, 11) is 0. The molecule has 0 atom stereocenters. The number of rotatable bonds is 3. The van der Waals surface area contributed by atoms with Gasteiger partial charge in [-0.3, -0.25) is 4.79 Å². The highest BCUT2D eigenvalue weighted by Crippen LogP contribution is 2.36. The van der Waals surface area contributed by atoms with E-state index in [1.807, 2.05) is 0 Å². The summed E-state index contributed by atoms with van der Waals surface area (Å²) < 4.78 is 41.2. The Labute approximate surface area is 161 Å². The maximum absolute atomic E-state index is 13.3. The average Bonchev–Trinajstić information content (AvgIpc) is 3.09. The Morgan fingerprint density at radius 2 is 1.83 bits per heavy atom. The van der Waals surface area contributed by atoms with E-state index in [0.29, 0.717) is 5.65 Å². The second-order valence-electron chi connectivity index (χ2n) is 6.01. The summed E-state index contributed by atoms with van der Waals surface area (Å²) >= 11 is 0. The summed E-state index contributed by atoms with van der Waals surface area (Å²) in [6.45, 7) is 0. The van der Waals surface area contributed by atoms with Crippen LogP contribution in [0, 0.1) is 0 Å². The summed E-state index contributed by atoms with van der Waals surface area (Å²) in [5.74, 6) is -0.813. The number of carbonyl (C=O) groups is 1. The van der Waals surface area contributed by atoms with Crippen LogP contribution in [0.3, 0.4) is 0 Å². The van der Waals surface area contributed by atoms with Gasteiger partial charge < -0.3 is 10.4 Å². The molecule has 3 aromatic heterocycles. The van der Waals surface area contributed by atoms with E-state index in [4.69, 9.17) is 0 Å². The van der Waals surface area contributed by atoms with Crippen molar-refractivity contribution in [3.05, 3.63) is 72.1 Å². The highest BCUT2D eigenvalue weighted by molar-refractivity contribution is 6.02. The first-order chi connectivity index (χ1) is 13.8. The zero-order valence-electron chi connectivity index (χ0n) is 14.6. The highest BCUT2D eigenvalue weighted by atomic mass is 19.4. The molecule has 4 aromatic rings. The Kier molecular flexibility index (Phi) is 4.38. The first-order valence-electron chi connectivity index (χ1n) is 8.32. The number of pyridine rings is 1. The highest BCUT2D eigenvalue weighted by Gasteiger charge is 2.33. The normalized spacial score (nSPS) is 11.6. The van der Waals surface area contributed by atoms with Gasteiger partial charge in [-0.1, -0.05) is 24.3 Å². The summed E-state index contributed by atoms with van der Waals surface area (Å²) in [4.78, 5) is 20.1. The molecule has 0 spiro atoms. The maximum Gasteiger partial charge on any atom is 0.417 e. The number of hydrogen-bond acceptors (Lipinski definition) is 5. The lowest BCUT2D eigenvalue weighted by Crippen LogP contribution is -2.15. The Morgan fingerprint density at radius 1 is 1.03 bits per heavy atom. The zero-order valence-corrected chi connectivity index (χ0v) is 14.6. The first kappa shape index (κ1) is 18.4. The van der Waals surface area contributed by atoms with Crippen LogP contribution in [0.2, 0.25) is 0 Å². The van der Waals surface area contributed by atoms with Crippen molar-refractivity contribution in [2.75, 3.05) is 5.32 Å². The number of nitrogens with zero attached hydrogens (tertiary/aromatic N) is 4. The number of benzene rings is 1. The van der Waals surface area contributed by atoms with Gasteiger partial charge in [0.05, 0.1) is 17.5 Å². The third kappa shape index (κ3) is 3.59. The van der Waals surface area contributed by atoms with Crippen molar-refractivity contribution in [2.24, 2.45) is 0 Å². The van der Waals surface area contributed by atoms with Crippen molar-refractivity contribution in [1.82, 2.24) is 19.6 Å². The Balaban J connectivity index is 1.74. The number of amides is 1. The number of aromatic hydroxyl groups is 1. The minimum absolute atomic E-state index is 0.0430. The molecule has 0 saturated carbocycles. The van der Waals surface area contributed by atoms with Gasteiger partial charge in [-0.05, 0) is 24.3 Å². The van der Waals surface area contributed by atoms with Crippen LogP contribution in [0.4, 0.5) is 19.0 Å². The van der Waals surface area contributed by atoms with Crippen molar-refractivity contribution in [2.45, 2.75) is 6.18 Å². The average molecular weight is 399 g/mol. The topological polar surface area (TPSA) is 92.4 Å². The van der Waals surface area contributed by atoms with E-state index >= 15 is 0 Å². The number of imidazole rings is 1. The van der Waals surface area contributed by atoms with Gasteiger partial charge >= 0.3 is 6.18 Å². The lowest BCUT2D eigenvalue weighted by molar-refractivity contribution is -0.137. The molecule has 2 N–H and O–H groups in total. The fraction of sp³-hybridized carbons (Fsp3) is 0.0526. The Morgan fingerprint density at radius 3 is 2.59 bits per heavy atom. The molecule has 0 aliphatic rings. The first-order valence-corrected chi connectivity index (χ1v) is 8.32. The van der Waals surface area contributed by atoms with Gasteiger partial charge in [0.2, 0.25) is 5.88 Å². The van der Waals surface area contributed by atoms with Crippen molar-refractivity contribution >= 4 is 17.4 Å². The third-order valence-corrected chi connectivity index (χ3v) is 4.08. The van der Waals surface area contributed by atoms with Crippen LogP contribution in [0.15, 0.2) is 60.8 Å². The quantitative estimate of drug-likeness (QED) is 0.547. The smallest absolute Gasteiger partial charge is 0.417 e. The minimum Gasteiger partial charge on any atom is -0.493 e. The minimum atomic E-state index is -4.54. The maximum atomic E-state index is 13.3. The summed E-state index contributed by atoms with van der Waals surface area (Å²) in [6, 6.07) is 12.2. The molecule has 0 fully saturated rings. The van der Waals surface area contributed by atoms with Crippen LogP contribution < -0.4 is 5.32 Å². The molecular formula is C19H12F3N5O2. The van der Waals surface area contributed by atoms with Crippen molar-refractivity contribution in [3.8, 4) is 17.1 Å². The number of halogens is 3. The van der Waals surface area contributed by atoms with E-state index < -0.39 is 17.6 Å². The van der Waals surface area contributed by atoms with Crippen LogP contribution in [0.25, 0.3) is 16.9 Å². The van der Waals surface area contributed by atoms with E-state index in [1.165, 1.54) is 59.2 Å². The molecule has 7 nitrogen and oxygen atoms in total. The van der Waals surface area contributed by atoms with E-state index in [-0.39, 0.29) is 28.6 Å². The second-order valence-corrected chi connectivity index (χ2v) is 6.01. The number of carbonyl (C=O) groups excluding carboxylic acids is 1. The van der Waals surface area contributed by atoms with Gasteiger partial charge in [-0.15, -0.1) is 0 Å². The molecule has 3 heterocycles. The predicted octanol–water partition coefficient (Wildman–Crippen LogP) is 3.77. The molecule has 146 valence electrons. The van der Waals surface area contributed by atoms with Crippen molar-refractivity contribution in [1.29, 1.82) is 0 Å². The van der Waals surface area contributed by atoms with Crippen LogP contribution in [0.5, 0.6) is 5.88 Å². The lowest BCUT2D eigenvalue weighted by atomic mass is 10.0. The van der Waals surface area contributed by atoms with Gasteiger partial charge in [0.25, 0.3) is 5.91 Å².